The molecule has 1 amide bonds. The first-order chi connectivity index (χ1) is 9.56. The summed E-state index contributed by atoms with van der Waals surface area (Å²) in [5.74, 6) is -1.48. The van der Waals surface area contributed by atoms with Gasteiger partial charge in [0.1, 0.15) is 6.04 Å². The molecule has 0 radical (unpaired) electrons. The van der Waals surface area contributed by atoms with Crippen LogP contribution in [0.25, 0.3) is 0 Å². The lowest BCUT2D eigenvalue weighted by molar-refractivity contribution is -0.142. The largest absolute Gasteiger partial charge is 0.480 e. The second-order valence-electron chi connectivity index (χ2n) is 5.15. The summed E-state index contributed by atoms with van der Waals surface area (Å²) in [5.41, 5.74) is 2.01. The fourth-order valence-corrected chi connectivity index (χ4v) is 2.19. The van der Waals surface area contributed by atoms with Crippen LogP contribution >= 0.6 is 0 Å². The smallest absolute Gasteiger partial charge is 0.326 e. The van der Waals surface area contributed by atoms with Gasteiger partial charge in [0, 0.05) is 13.0 Å². The molecule has 5 heteroatoms. The third-order valence-corrected chi connectivity index (χ3v) is 3.48. The normalized spacial score (nSPS) is 19.6. The highest BCUT2D eigenvalue weighted by atomic mass is 16.5. The number of hydrogen-bond acceptors (Lipinski definition) is 3. The summed E-state index contributed by atoms with van der Waals surface area (Å²) >= 11 is 0. The third-order valence-electron chi connectivity index (χ3n) is 3.48. The van der Waals surface area contributed by atoms with E-state index in [4.69, 9.17) is 4.74 Å². The molecule has 108 valence electrons. The molecule has 0 aromatic heterocycles. The quantitative estimate of drug-likeness (QED) is 0.846. The summed E-state index contributed by atoms with van der Waals surface area (Å²) in [6.07, 6.45) is 0.942. The SMILES string of the molecule is Cc1ccc(C[C@@H](NC(=O)[C@H]2CCOC2)C(=O)O)cc1. The highest BCUT2D eigenvalue weighted by Crippen LogP contribution is 2.13. The molecule has 2 N–H and O–H groups in total. The van der Waals surface area contributed by atoms with Crippen LogP contribution in [0, 0.1) is 12.8 Å². The van der Waals surface area contributed by atoms with Gasteiger partial charge in [-0.15, -0.1) is 0 Å². The number of benzene rings is 1. The minimum absolute atomic E-state index is 0.227. The zero-order valence-electron chi connectivity index (χ0n) is 11.5. The molecule has 1 saturated heterocycles. The standard InChI is InChI=1S/C15H19NO4/c1-10-2-4-11(5-3-10)8-13(15(18)19)16-14(17)12-6-7-20-9-12/h2-5,12-13H,6-9H2,1H3,(H,16,17)(H,18,19)/t12-,13+/m0/s1. The first kappa shape index (κ1) is 14.5. The Labute approximate surface area is 117 Å². The number of carboxylic acid groups (broad SMARTS) is 1. The maximum atomic E-state index is 12.0. The van der Waals surface area contributed by atoms with Crippen LogP contribution in [0.1, 0.15) is 17.5 Å². The minimum atomic E-state index is -1.02. The first-order valence-electron chi connectivity index (χ1n) is 6.72. The average molecular weight is 277 g/mol. The Kier molecular flexibility index (Phi) is 4.74. The van der Waals surface area contributed by atoms with E-state index in [0.717, 1.165) is 11.1 Å². The highest BCUT2D eigenvalue weighted by Gasteiger charge is 2.28. The van der Waals surface area contributed by atoms with E-state index in [1.54, 1.807) is 0 Å². The average Bonchev–Trinajstić information content (AvgIpc) is 2.94. The van der Waals surface area contributed by atoms with Crippen molar-refractivity contribution in [3.8, 4) is 0 Å². The van der Waals surface area contributed by atoms with E-state index in [0.29, 0.717) is 19.6 Å². The van der Waals surface area contributed by atoms with Gasteiger partial charge in [-0.1, -0.05) is 29.8 Å². The van der Waals surface area contributed by atoms with E-state index in [9.17, 15) is 14.7 Å². The lowest BCUT2D eigenvalue weighted by Gasteiger charge is -2.17. The van der Waals surface area contributed by atoms with E-state index in [2.05, 4.69) is 5.32 Å². The van der Waals surface area contributed by atoms with Gasteiger partial charge in [0.05, 0.1) is 12.5 Å². The Hall–Kier alpha value is -1.88. The van der Waals surface area contributed by atoms with E-state index >= 15 is 0 Å². The molecular weight excluding hydrogens is 258 g/mol. The second-order valence-corrected chi connectivity index (χ2v) is 5.15. The molecule has 0 spiro atoms. The lowest BCUT2D eigenvalue weighted by atomic mass is 10.0. The van der Waals surface area contributed by atoms with E-state index in [1.165, 1.54) is 0 Å². The van der Waals surface area contributed by atoms with Crippen LogP contribution in [0.15, 0.2) is 24.3 Å². The number of amides is 1. The Morgan fingerprint density at radius 2 is 2.10 bits per heavy atom. The monoisotopic (exact) mass is 277 g/mol. The van der Waals surface area contributed by atoms with Gasteiger partial charge in [0.25, 0.3) is 0 Å². The molecule has 0 unspecified atom stereocenters. The molecule has 5 nitrogen and oxygen atoms in total. The number of carboxylic acids is 1. The van der Waals surface area contributed by atoms with Crippen LogP contribution in [-0.2, 0) is 20.7 Å². The molecule has 1 fully saturated rings. The number of rotatable bonds is 5. The highest BCUT2D eigenvalue weighted by molar-refractivity contribution is 5.85. The predicted molar refractivity (Wildman–Crippen MR) is 73.4 cm³/mol. The summed E-state index contributed by atoms with van der Waals surface area (Å²) in [4.78, 5) is 23.2. The lowest BCUT2D eigenvalue weighted by Crippen LogP contribution is -2.45. The van der Waals surface area contributed by atoms with Gasteiger partial charge in [0.2, 0.25) is 5.91 Å². The summed E-state index contributed by atoms with van der Waals surface area (Å²) < 4.78 is 5.14. The van der Waals surface area contributed by atoms with E-state index in [1.807, 2.05) is 31.2 Å². The van der Waals surface area contributed by atoms with Crippen LogP contribution in [0.4, 0.5) is 0 Å². The fraction of sp³-hybridized carbons (Fsp3) is 0.467. The molecule has 1 aliphatic rings. The van der Waals surface area contributed by atoms with Gasteiger partial charge in [-0.25, -0.2) is 4.79 Å². The topological polar surface area (TPSA) is 75.6 Å². The zero-order valence-corrected chi connectivity index (χ0v) is 11.5. The number of hydrogen-bond donors (Lipinski definition) is 2. The second kappa shape index (κ2) is 6.52. The Balaban J connectivity index is 1.98. The Bertz CT molecular complexity index is 477. The number of ether oxygens (including phenoxy) is 1. The van der Waals surface area contributed by atoms with Crippen molar-refractivity contribution in [1.82, 2.24) is 5.32 Å². The van der Waals surface area contributed by atoms with Gasteiger partial charge in [-0.05, 0) is 18.9 Å². The number of carbonyl (C=O) groups excluding carboxylic acids is 1. The molecular formula is C15H19NO4. The zero-order chi connectivity index (χ0) is 14.5. The van der Waals surface area contributed by atoms with Gasteiger partial charge in [-0.2, -0.15) is 0 Å². The van der Waals surface area contributed by atoms with Gasteiger partial charge in [0.15, 0.2) is 0 Å². The van der Waals surface area contributed by atoms with Gasteiger partial charge < -0.3 is 15.2 Å². The Morgan fingerprint density at radius 1 is 1.40 bits per heavy atom. The number of aliphatic carboxylic acids is 1. The van der Waals surface area contributed by atoms with Crippen molar-refractivity contribution >= 4 is 11.9 Å². The van der Waals surface area contributed by atoms with Crippen LogP contribution < -0.4 is 5.32 Å². The third kappa shape index (κ3) is 3.81. The van der Waals surface area contributed by atoms with Crippen molar-refractivity contribution in [3.63, 3.8) is 0 Å². The van der Waals surface area contributed by atoms with Crippen LogP contribution in [0.2, 0.25) is 0 Å². The van der Waals surface area contributed by atoms with Crippen molar-refractivity contribution in [1.29, 1.82) is 0 Å². The van der Waals surface area contributed by atoms with E-state index < -0.39 is 12.0 Å². The van der Waals surface area contributed by atoms with Crippen molar-refractivity contribution in [2.45, 2.75) is 25.8 Å². The first-order valence-corrected chi connectivity index (χ1v) is 6.72. The molecule has 2 atom stereocenters. The van der Waals surface area contributed by atoms with Crippen molar-refractivity contribution in [2.24, 2.45) is 5.92 Å². The molecule has 1 heterocycles. The van der Waals surface area contributed by atoms with Crippen molar-refractivity contribution < 1.29 is 19.4 Å². The number of aryl methyl sites for hydroxylation is 1. The van der Waals surface area contributed by atoms with Crippen LogP contribution in [-0.4, -0.2) is 36.2 Å². The molecule has 0 saturated carbocycles. The van der Waals surface area contributed by atoms with Crippen LogP contribution in [0.5, 0.6) is 0 Å². The van der Waals surface area contributed by atoms with Crippen molar-refractivity contribution in [2.75, 3.05) is 13.2 Å². The molecule has 1 aliphatic heterocycles. The number of carbonyl (C=O) groups is 2. The van der Waals surface area contributed by atoms with E-state index in [-0.39, 0.29) is 18.2 Å². The maximum absolute atomic E-state index is 12.0. The summed E-state index contributed by atoms with van der Waals surface area (Å²) in [5, 5.41) is 11.8. The molecule has 1 aromatic carbocycles. The fourth-order valence-electron chi connectivity index (χ4n) is 2.19. The molecule has 0 aliphatic carbocycles. The summed E-state index contributed by atoms with van der Waals surface area (Å²) in [7, 11) is 0. The summed E-state index contributed by atoms with van der Waals surface area (Å²) in [6.45, 7) is 2.91. The van der Waals surface area contributed by atoms with Crippen molar-refractivity contribution in [3.05, 3.63) is 35.4 Å². The summed E-state index contributed by atoms with van der Waals surface area (Å²) in [6, 6.07) is 6.74. The maximum Gasteiger partial charge on any atom is 0.326 e. The van der Waals surface area contributed by atoms with Gasteiger partial charge >= 0.3 is 5.97 Å². The molecule has 20 heavy (non-hydrogen) atoms. The number of nitrogens with one attached hydrogen (secondary N) is 1. The molecule has 0 bridgehead atoms. The van der Waals surface area contributed by atoms with Crippen LogP contribution in [0.3, 0.4) is 0 Å². The molecule has 1 aromatic rings. The molecule has 2 rings (SSSR count). The Morgan fingerprint density at radius 3 is 2.65 bits per heavy atom. The van der Waals surface area contributed by atoms with Gasteiger partial charge in [-0.3, -0.25) is 4.79 Å². The minimum Gasteiger partial charge on any atom is -0.480 e. The predicted octanol–water partition coefficient (Wildman–Crippen LogP) is 1.14.